The van der Waals surface area contributed by atoms with E-state index in [0.717, 1.165) is 16.8 Å². The van der Waals surface area contributed by atoms with Crippen molar-refractivity contribution >= 4 is 17.6 Å². The second-order valence-electron chi connectivity index (χ2n) is 4.42. The first-order valence-electron chi connectivity index (χ1n) is 5.92. The molecule has 1 aliphatic carbocycles. The van der Waals surface area contributed by atoms with Gasteiger partial charge in [0.05, 0.1) is 0 Å². The molecule has 16 heavy (non-hydrogen) atoms. The maximum atomic E-state index is 4.26. The maximum Gasteiger partial charge on any atom is 0.130 e. The Hall–Kier alpha value is -0.770. The minimum Gasteiger partial charge on any atom is -0.367 e. The minimum absolute atomic E-state index is 0.520. The molecule has 1 unspecified atom stereocenters. The van der Waals surface area contributed by atoms with Crippen LogP contribution in [0.4, 0.5) is 5.82 Å². The molecule has 0 spiro atoms. The number of hydrogen-bond donors (Lipinski definition) is 1. The molecular formula is C12H19N3S. The molecule has 1 saturated carbocycles. The number of nitrogens with zero attached hydrogens (tertiary/aromatic N) is 2. The second kappa shape index (κ2) is 5.53. The number of rotatable bonds is 4. The van der Waals surface area contributed by atoms with Gasteiger partial charge in [0.2, 0.25) is 0 Å². The van der Waals surface area contributed by atoms with Crippen molar-refractivity contribution in [2.45, 2.75) is 43.7 Å². The van der Waals surface area contributed by atoms with Gasteiger partial charge in [0.1, 0.15) is 17.2 Å². The first-order chi connectivity index (χ1) is 7.79. The van der Waals surface area contributed by atoms with Gasteiger partial charge in [-0.3, -0.25) is 0 Å². The van der Waals surface area contributed by atoms with Crippen LogP contribution in [-0.4, -0.2) is 22.3 Å². The zero-order valence-corrected chi connectivity index (χ0v) is 10.8. The summed E-state index contributed by atoms with van der Waals surface area (Å²) in [7, 11) is 0. The molecule has 1 heterocycles. The minimum atomic E-state index is 0.520. The Bertz CT molecular complexity index is 337. The first kappa shape index (κ1) is 11.7. The molecule has 1 fully saturated rings. The molecule has 0 radical (unpaired) electrons. The van der Waals surface area contributed by atoms with Crippen molar-refractivity contribution in [1.82, 2.24) is 9.97 Å². The van der Waals surface area contributed by atoms with Crippen molar-refractivity contribution < 1.29 is 0 Å². The van der Waals surface area contributed by atoms with Crippen molar-refractivity contribution in [3.63, 3.8) is 0 Å². The van der Waals surface area contributed by atoms with E-state index in [4.69, 9.17) is 0 Å². The van der Waals surface area contributed by atoms with Crippen LogP contribution in [0.3, 0.4) is 0 Å². The molecular weight excluding hydrogens is 218 g/mol. The first-order valence-corrected chi connectivity index (χ1v) is 7.14. The average molecular weight is 237 g/mol. The van der Waals surface area contributed by atoms with Gasteiger partial charge in [0.25, 0.3) is 0 Å². The third-order valence-electron chi connectivity index (χ3n) is 3.33. The molecule has 1 N–H and O–H groups in total. The lowest BCUT2D eigenvalue weighted by Gasteiger charge is -2.20. The summed E-state index contributed by atoms with van der Waals surface area (Å²) >= 11 is 1.65. The molecule has 1 aromatic rings. The molecule has 88 valence electrons. The quantitative estimate of drug-likeness (QED) is 0.644. The fourth-order valence-electron chi connectivity index (χ4n) is 2.34. The third kappa shape index (κ3) is 2.88. The van der Waals surface area contributed by atoms with Crippen LogP contribution < -0.4 is 5.32 Å². The topological polar surface area (TPSA) is 37.8 Å². The molecule has 1 aromatic heterocycles. The van der Waals surface area contributed by atoms with Crippen LogP contribution in [0, 0.1) is 5.92 Å². The Morgan fingerprint density at radius 1 is 1.38 bits per heavy atom. The highest BCUT2D eigenvalue weighted by Gasteiger charge is 2.21. The molecule has 0 bridgehead atoms. The van der Waals surface area contributed by atoms with Crippen LogP contribution in [-0.2, 0) is 0 Å². The van der Waals surface area contributed by atoms with Gasteiger partial charge in [0, 0.05) is 12.1 Å². The summed E-state index contributed by atoms with van der Waals surface area (Å²) in [5.41, 5.74) is 0. The van der Waals surface area contributed by atoms with Crippen LogP contribution in [0.5, 0.6) is 0 Å². The Morgan fingerprint density at radius 3 is 2.81 bits per heavy atom. The second-order valence-corrected chi connectivity index (χ2v) is 5.25. The summed E-state index contributed by atoms with van der Waals surface area (Å²) in [6.07, 6.45) is 9.15. The summed E-state index contributed by atoms with van der Waals surface area (Å²) in [5.74, 6) is 1.77. The molecule has 1 aliphatic rings. The number of aromatic nitrogens is 2. The van der Waals surface area contributed by atoms with E-state index in [-0.39, 0.29) is 0 Å². The lowest BCUT2D eigenvalue weighted by Crippen LogP contribution is -2.24. The van der Waals surface area contributed by atoms with E-state index in [0.29, 0.717) is 6.04 Å². The third-order valence-corrected chi connectivity index (χ3v) is 3.98. The van der Waals surface area contributed by atoms with E-state index in [2.05, 4.69) is 22.2 Å². The smallest absolute Gasteiger partial charge is 0.130 e. The number of thioether (sulfide) groups is 1. The van der Waals surface area contributed by atoms with Crippen LogP contribution in [0.1, 0.15) is 32.6 Å². The van der Waals surface area contributed by atoms with Crippen LogP contribution in [0.25, 0.3) is 0 Å². The SMILES string of the molecule is CSc1cc(NC(C)C2CCCC2)ncn1. The van der Waals surface area contributed by atoms with Crippen LogP contribution in [0.15, 0.2) is 17.4 Å². The van der Waals surface area contributed by atoms with E-state index < -0.39 is 0 Å². The largest absolute Gasteiger partial charge is 0.367 e. The van der Waals surface area contributed by atoms with Crippen LogP contribution in [0.2, 0.25) is 0 Å². The monoisotopic (exact) mass is 237 g/mol. The summed E-state index contributed by atoms with van der Waals surface area (Å²) in [4.78, 5) is 8.44. The Labute approximate surface area is 101 Å². The zero-order chi connectivity index (χ0) is 11.4. The van der Waals surface area contributed by atoms with Crippen molar-refractivity contribution in [3.8, 4) is 0 Å². The van der Waals surface area contributed by atoms with Crippen molar-refractivity contribution in [2.75, 3.05) is 11.6 Å². The zero-order valence-electron chi connectivity index (χ0n) is 9.94. The van der Waals surface area contributed by atoms with Gasteiger partial charge in [-0.2, -0.15) is 0 Å². The van der Waals surface area contributed by atoms with Gasteiger partial charge >= 0.3 is 0 Å². The van der Waals surface area contributed by atoms with E-state index in [9.17, 15) is 0 Å². The molecule has 4 heteroatoms. The summed E-state index contributed by atoms with van der Waals surface area (Å²) in [6, 6.07) is 2.54. The highest BCUT2D eigenvalue weighted by atomic mass is 32.2. The highest BCUT2D eigenvalue weighted by Crippen LogP contribution is 2.29. The average Bonchev–Trinajstić information content (AvgIpc) is 2.83. The lowest BCUT2D eigenvalue weighted by atomic mass is 10.00. The molecule has 0 saturated heterocycles. The molecule has 0 aliphatic heterocycles. The normalized spacial score (nSPS) is 18.6. The Kier molecular flexibility index (Phi) is 4.04. The Balaban J connectivity index is 1.96. The van der Waals surface area contributed by atoms with Gasteiger partial charge in [-0.05, 0) is 31.9 Å². The maximum absolute atomic E-state index is 4.26. The lowest BCUT2D eigenvalue weighted by molar-refractivity contribution is 0.481. The summed E-state index contributed by atoms with van der Waals surface area (Å²) in [5, 5.41) is 4.52. The summed E-state index contributed by atoms with van der Waals surface area (Å²) < 4.78 is 0. The molecule has 2 rings (SSSR count). The Morgan fingerprint density at radius 2 is 2.12 bits per heavy atom. The van der Waals surface area contributed by atoms with Gasteiger partial charge < -0.3 is 5.32 Å². The fraction of sp³-hybridized carbons (Fsp3) is 0.667. The predicted molar refractivity (Wildman–Crippen MR) is 68.9 cm³/mol. The van der Waals surface area contributed by atoms with E-state index in [1.165, 1.54) is 25.7 Å². The molecule has 0 aromatic carbocycles. The summed E-state index contributed by atoms with van der Waals surface area (Å²) in [6.45, 7) is 2.26. The van der Waals surface area contributed by atoms with Crippen LogP contribution >= 0.6 is 11.8 Å². The molecule has 1 atom stereocenters. The molecule has 3 nitrogen and oxygen atoms in total. The van der Waals surface area contributed by atoms with Gasteiger partial charge in [0.15, 0.2) is 0 Å². The van der Waals surface area contributed by atoms with E-state index in [1.807, 2.05) is 12.3 Å². The van der Waals surface area contributed by atoms with E-state index >= 15 is 0 Å². The highest BCUT2D eigenvalue weighted by molar-refractivity contribution is 7.98. The number of anilines is 1. The predicted octanol–water partition coefficient (Wildman–Crippen LogP) is 3.19. The van der Waals surface area contributed by atoms with Gasteiger partial charge in [-0.15, -0.1) is 11.8 Å². The van der Waals surface area contributed by atoms with Crippen molar-refractivity contribution in [2.24, 2.45) is 5.92 Å². The standard InChI is InChI=1S/C12H19N3S/c1-9(10-5-3-4-6-10)15-11-7-12(16-2)14-8-13-11/h7-10H,3-6H2,1-2H3,(H,13,14,15). The van der Waals surface area contributed by atoms with E-state index in [1.54, 1.807) is 18.1 Å². The van der Waals surface area contributed by atoms with Crippen molar-refractivity contribution in [1.29, 1.82) is 0 Å². The molecule has 0 amide bonds. The number of nitrogens with one attached hydrogen (secondary N) is 1. The van der Waals surface area contributed by atoms with Crippen molar-refractivity contribution in [3.05, 3.63) is 12.4 Å². The van der Waals surface area contributed by atoms with Gasteiger partial charge in [-0.1, -0.05) is 12.8 Å². The van der Waals surface area contributed by atoms with Gasteiger partial charge in [-0.25, -0.2) is 9.97 Å². The fourth-order valence-corrected chi connectivity index (χ4v) is 2.72. The number of hydrogen-bond acceptors (Lipinski definition) is 4.